The van der Waals surface area contributed by atoms with Crippen LogP contribution in [0.1, 0.15) is 92.9 Å². The molecule has 0 spiro atoms. The van der Waals surface area contributed by atoms with Crippen LogP contribution in [0.15, 0.2) is 0 Å². The second kappa shape index (κ2) is 7.74. The highest BCUT2D eigenvalue weighted by molar-refractivity contribution is 5.66. The smallest absolute Gasteiger partial charge is 0.302 e. The molecule has 0 amide bonds. The van der Waals surface area contributed by atoms with Gasteiger partial charge >= 0.3 is 11.9 Å². The summed E-state index contributed by atoms with van der Waals surface area (Å²) in [6.45, 7) is 11.9. The van der Waals surface area contributed by atoms with Crippen LogP contribution >= 0.6 is 0 Å². The first kappa shape index (κ1) is 23.1. The molecule has 176 valence electrons. The predicted octanol–water partition coefficient (Wildman–Crippen LogP) is 4.89. The van der Waals surface area contributed by atoms with Crippen LogP contribution in [-0.2, 0) is 19.1 Å². The van der Waals surface area contributed by atoms with Gasteiger partial charge in [-0.05, 0) is 99.7 Å². The van der Waals surface area contributed by atoms with Crippen molar-refractivity contribution in [3.05, 3.63) is 0 Å². The average Bonchev–Trinajstić information content (AvgIpc) is 2.96. The van der Waals surface area contributed by atoms with Crippen molar-refractivity contribution in [3.8, 4) is 0 Å². The van der Waals surface area contributed by atoms with Gasteiger partial charge in [-0.2, -0.15) is 0 Å². The molecule has 10 atom stereocenters. The number of rotatable bonds is 3. The van der Waals surface area contributed by atoms with Crippen molar-refractivity contribution in [3.63, 3.8) is 0 Å². The van der Waals surface area contributed by atoms with Gasteiger partial charge in [-0.1, -0.05) is 13.8 Å². The van der Waals surface area contributed by atoms with Gasteiger partial charge in [-0.25, -0.2) is 0 Å². The number of hydrogen-bond acceptors (Lipinski definition) is 5. The van der Waals surface area contributed by atoms with E-state index in [1.54, 1.807) is 0 Å². The Morgan fingerprint density at radius 1 is 0.968 bits per heavy atom. The minimum Gasteiger partial charge on any atom is -0.463 e. The second-order valence-corrected chi connectivity index (χ2v) is 12.1. The maximum absolute atomic E-state index is 12.0. The van der Waals surface area contributed by atoms with E-state index in [-0.39, 0.29) is 40.9 Å². The van der Waals surface area contributed by atoms with Gasteiger partial charge in [-0.15, -0.1) is 0 Å². The maximum Gasteiger partial charge on any atom is 0.302 e. The predicted molar refractivity (Wildman–Crippen MR) is 118 cm³/mol. The molecule has 4 aliphatic carbocycles. The van der Waals surface area contributed by atoms with Crippen LogP contribution in [-0.4, -0.2) is 34.9 Å². The van der Waals surface area contributed by atoms with E-state index in [4.69, 9.17) is 9.47 Å². The van der Waals surface area contributed by atoms with E-state index in [0.717, 1.165) is 44.9 Å². The summed E-state index contributed by atoms with van der Waals surface area (Å²) in [6, 6.07) is 0. The lowest BCUT2D eigenvalue weighted by Gasteiger charge is -2.65. The number of hydrogen-bond donors (Lipinski definition) is 1. The first-order valence-electron chi connectivity index (χ1n) is 12.5. The number of esters is 2. The lowest BCUT2D eigenvalue weighted by Crippen LogP contribution is -2.64. The van der Waals surface area contributed by atoms with Crippen LogP contribution in [0.4, 0.5) is 0 Å². The molecule has 4 rings (SSSR count). The highest BCUT2D eigenvalue weighted by atomic mass is 16.5. The summed E-state index contributed by atoms with van der Waals surface area (Å²) in [5.74, 6) is 1.77. The molecule has 0 aromatic rings. The maximum atomic E-state index is 12.0. The second-order valence-electron chi connectivity index (χ2n) is 12.1. The highest BCUT2D eigenvalue weighted by Gasteiger charge is 2.67. The fourth-order valence-electron chi connectivity index (χ4n) is 9.49. The molecule has 1 N–H and O–H groups in total. The Morgan fingerprint density at radius 3 is 2.32 bits per heavy atom. The molecule has 5 heteroatoms. The van der Waals surface area contributed by atoms with Gasteiger partial charge in [0.15, 0.2) is 0 Å². The first-order valence-corrected chi connectivity index (χ1v) is 12.5. The van der Waals surface area contributed by atoms with Crippen molar-refractivity contribution in [2.75, 3.05) is 0 Å². The van der Waals surface area contributed by atoms with E-state index >= 15 is 0 Å². The van der Waals surface area contributed by atoms with E-state index in [9.17, 15) is 14.7 Å². The molecule has 0 aromatic heterocycles. The van der Waals surface area contributed by atoms with Gasteiger partial charge in [0.1, 0.15) is 12.2 Å². The van der Waals surface area contributed by atoms with E-state index in [1.165, 1.54) is 20.3 Å². The Kier molecular flexibility index (Phi) is 5.76. The van der Waals surface area contributed by atoms with Crippen LogP contribution < -0.4 is 0 Å². The number of ether oxygens (including phenoxy) is 2. The number of carbonyl (C=O) groups excluding carboxylic acids is 2. The van der Waals surface area contributed by atoms with Gasteiger partial charge in [0.2, 0.25) is 0 Å². The van der Waals surface area contributed by atoms with Crippen LogP contribution in [0.3, 0.4) is 0 Å². The SMILES string of the molecule is CC(=O)O[C@@H]1CC[C@@]2(C)[C@@H](CC[C@H]3[C@@H]4CC[C@H]([C@@H](C)OC(C)=O)[C@@]4(C)C[C@](C)(O)[C@@H]32)C1. The number of fused-ring (bicyclic) bond motifs is 5. The normalized spacial score (nSPS) is 49.9. The molecular weight excluding hydrogens is 392 g/mol. The van der Waals surface area contributed by atoms with Gasteiger partial charge in [0.25, 0.3) is 0 Å². The summed E-state index contributed by atoms with van der Waals surface area (Å²) in [7, 11) is 0. The van der Waals surface area contributed by atoms with Crippen molar-refractivity contribution in [1.82, 2.24) is 0 Å². The average molecular weight is 435 g/mol. The molecule has 0 heterocycles. The molecule has 31 heavy (non-hydrogen) atoms. The summed E-state index contributed by atoms with van der Waals surface area (Å²) in [5.41, 5.74) is -0.655. The first-order chi connectivity index (χ1) is 14.4. The van der Waals surface area contributed by atoms with Crippen molar-refractivity contribution in [2.24, 2.45) is 40.4 Å². The molecule has 0 radical (unpaired) electrons. The third-order valence-electron chi connectivity index (χ3n) is 10.1. The van der Waals surface area contributed by atoms with E-state index in [2.05, 4.69) is 20.8 Å². The Labute approximate surface area is 187 Å². The summed E-state index contributed by atoms with van der Waals surface area (Å²) in [4.78, 5) is 23.1. The molecular formula is C26H42O5. The quantitative estimate of drug-likeness (QED) is 0.640. The van der Waals surface area contributed by atoms with Crippen LogP contribution in [0.25, 0.3) is 0 Å². The summed E-state index contributed by atoms with van der Waals surface area (Å²) >= 11 is 0. The molecule has 0 unspecified atom stereocenters. The molecule has 0 bridgehead atoms. The van der Waals surface area contributed by atoms with E-state index in [0.29, 0.717) is 23.7 Å². The molecule has 4 aliphatic rings. The lowest BCUT2D eigenvalue weighted by atomic mass is 9.41. The Hall–Kier alpha value is -1.10. The largest absolute Gasteiger partial charge is 0.463 e. The Balaban J connectivity index is 1.60. The summed E-state index contributed by atoms with van der Waals surface area (Å²) < 4.78 is 11.2. The molecule has 5 nitrogen and oxygen atoms in total. The highest BCUT2D eigenvalue weighted by Crippen LogP contribution is 2.70. The third kappa shape index (κ3) is 3.73. The van der Waals surface area contributed by atoms with Crippen LogP contribution in [0, 0.1) is 40.4 Å². The van der Waals surface area contributed by atoms with Gasteiger partial charge in [0, 0.05) is 19.8 Å². The third-order valence-corrected chi connectivity index (χ3v) is 10.1. The Bertz CT molecular complexity index is 731. The lowest BCUT2D eigenvalue weighted by molar-refractivity contribution is -0.225. The standard InChI is InChI=1S/C26H42O5/c1-15(30-16(2)27)21-9-10-22-20-8-7-18-13-19(31-17(3)28)11-12-24(18,4)23(20)26(6,29)14-25(21,22)5/h15,18-23,29H,7-14H2,1-6H3/t15-,18+,19-,20+,21-,22+,23+,24+,25-,26+/m1/s1. The fraction of sp³-hybridized carbons (Fsp3) is 0.923. The zero-order chi connectivity index (χ0) is 22.8. The van der Waals surface area contributed by atoms with E-state index < -0.39 is 5.60 Å². The number of carbonyl (C=O) groups is 2. The Morgan fingerprint density at radius 2 is 1.68 bits per heavy atom. The zero-order valence-electron chi connectivity index (χ0n) is 20.3. The minimum absolute atomic E-state index is 0.00231. The summed E-state index contributed by atoms with van der Waals surface area (Å²) in [6.07, 6.45) is 8.09. The van der Waals surface area contributed by atoms with Crippen molar-refractivity contribution in [2.45, 2.75) is 111 Å². The zero-order valence-corrected chi connectivity index (χ0v) is 20.3. The number of aliphatic hydroxyl groups is 1. The fourth-order valence-corrected chi connectivity index (χ4v) is 9.49. The van der Waals surface area contributed by atoms with Gasteiger partial charge < -0.3 is 14.6 Å². The van der Waals surface area contributed by atoms with Gasteiger partial charge in [0.05, 0.1) is 5.60 Å². The molecule has 0 saturated heterocycles. The topological polar surface area (TPSA) is 72.8 Å². The molecule has 4 saturated carbocycles. The van der Waals surface area contributed by atoms with Crippen LogP contribution in [0.5, 0.6) is 0 Å². The van der Waals surface area contributed by atoms with Crippen molar-refractivity contribution < 1.29 is 24.2 Å². The monoisotopic (exact) mass is 434 g/mol. The van der Waals surface area contributed by atoms with E-state index in [1.807, 2.05) is 6.92 Å². The molecule has 0 aromatic carbocycles. The minimum atomic E-state index is -0.740. The van der Waals surface area contributed by atoms with Crippen molar-refractivity contribution >= 4 is 11.9 Å². The van der Waals surface area contributed by atoms with Crippen LogP contribution in [0.2, 0.25) is 0 Å². The summed E-state index contributed by atoms with van der Waals surface area (Å²) in [5, 5.41) is 12.0. The van der Waals surface area contributed by atoms with Gasteiger partial charge in [-0.3, -0.25) is 9.59 Å². The van der Waals surface area contributed by atoms with Crippen molar-refractivity contribution in [1.29, 1.82) is 0 Å². The molecule has 4 fully saturated rings. The molecule has 0 aliphatic heterocycles.